The van der Waals surface area contributed by atoms with Gasteiger partial charge in [-0.1, -0.05) is 12.1 Å². The van der Waals surface area contributed by atoms with Gasteiger partial charge < -0.3 is 10.1 Å². The second-order valence-electron chi connectivity index (χ2n) is 3.72. The lowest BCUT2D eigenvalue weighted by atomic mass is 10.2. The van der Waals surface area contributed by atoms with Gasteiger partial charge in [0.05, 0.1) is 24.5 Å². The number of nitrogens with one attached hydrogen (secondary N) is 1. The van der Waals surface area contributed by atoms with Crippen molar-refractivity contribution in [3.8, 4) is 0 Å². The Bertz CT molecular complexity index is 353. The van der Waals surface area contributed by atoms with Gasteiger partial charge in [-0.05, 0) is 13.5 Å². The Kier molecular flexibility index (Phi) is 5.54. The normalized spacial score (nSPS) is 13.8. The third kappa shape index (κ3) is 4.61. The van der Waals surface area contributed by atoms with Crippen molar-refractivity contribution in [2.45, 2.75) is 32.6 Å². The number of rotatable bonds is 7. The lowest BCUT2D eigenvalue weighted by Gasteiger charge is -2.18. The maximum atomic E-state index is 12.0. The quantitative estimate of drug-likeness (QED) is 0.813. The molecule has 1 aromatic rings. The average molecular weight is 266 g/mol. The molecule has 0 aromatic carbocycles. The van der Waals surface area contributed by atoms with Gasteiger partial charge in [-0.25, -0.2) is 4.68 Å². The smallest absolute Gasteiger partial charge is 0.370 e. The molecule has 0 bridgehead atoms. The van der Waals surface area contributed by atoms with Crippen molar-refractivity contribution in [1.82, 2.24) is 20.3 Å². The second kappa shape index (κ2) is 6.69. The summed E-state index contributed by atoms with van der Waals surface area (Å²) < 4.78 is 42.3. The van der Waals surface area contributed by atoms with E-state index < -0.39 is 12.8 Å². The summed E-state index contributed by atoms with van der Waals surface area (Å²) in [5.41, 5.74) is 0.724. The van der Waals surface area contributed by atoms with Gasteiger partial charge >= 0.3 is 6.18 Å². The molecule has 0 spiro atoms. The molecule has 1 rings (SSSR count). The van der Waals surface area contributed by atoms with Crippen LogP contribution in [0.2, 0.25) is 0 Å². The van der Waals surface area contributed by atoms with Crippen molar-refractivity contribution in [1.29, 1.82) is 0 Å². The zero-order chi connectivity index (χ0) is 13.6. The summed E-state index contributed by atoms with van der Waals surface area (Å²) in [5, 5.41) is 10.6. The average Bonchev–Trinajstić information content (AvgIpc) is 2.74. The van der Waals surface area contributed by atoms with Gasteiger partial charge in [0.1, 0.15) is 6.61 Å². The highest BCUT2D eigenvalue weighted by Gasteiger charge is 2.28. The summed E-state index contributed by atoms with van der Waals surface area (Å²) in [6.45, 7) is 3.67. The maximum absolute atomic E-state index is 12.0. The van der Waals surface area contributed by atoms with E-state index in [1.54, 1.807) is 4.68 Å². The van der Waals surface area contributed by atoms with Crippen LogP contribution >= 0.6 is 0 Å². The molecule has 1 N–H and O–H groups in total. The number of hydrogen-bond acceptors (Lipinski definition) is 4. The number of aromatic nitrogens is 3. The summed E-state index contributed by atoms with van der Waals surface area (Å²) in [5.74, 6) is 0. The van der Waals surface area contributed by atoms with E-state index in [2.05, 4.69) is 20.4 Å². The number of likely N-dealkylation sites (N-methyl/N-ethyl adjacent to an activating group) is 1. The highest BCUT2D eigenvalue weighted by molar-refractivity contribution is 5.02. The third-order valence-corrected chi connectivity index (χ3v) is 2.30. The first-order chi connectivity index (χ1) is 8.48. The number of ether oxygens (including phenoxy) is 1. The molecule has 0 amide bonds. The highest BCUT2D eigenvalue weighted by atomic mass is 19.4. The molecule has 0 aliphatic rings. The van der Waals surface area contributed by atoms with Crippen molar-refractivity contribution >= 4 is 0 Å². The Morgan fingerprint density at radius 1 is 1.44 bits per heavy atom. The molecule has 0 radical (unpaired) electrons. The fourth-order valence-electron chi connectivity index (χ4n) is 1.57. The molecule has 5 nitrogen and oxygen atoms in total. The topological polar surface area (TPSA) is 52.0 Å². The fourth-order valence-corrected chi connectivity index (χ4v) is 1.57. The van der Waals surface area contributed by atoms with Crippen LogP contribution in [0.5, 0.6) is 0 Å². The first-order valence-corrected chi connectivity index (χ1v) is 5.74. The fraction of sp³-hybridized carbons (Fsp3) is 0.800. The Balaban J connectivity index is 2.60. The molecule has 8 heteroatoms. The lowest BCUT2D eigenvalue weighted by Crippen LogP contribution is -2.29. The number of alkyl halides is 3. The van der Waals surface area contributed by atoms with E-state index in [0.29, 0.717) is 13.1 Å². The van der Waals surface area contributed by atoms with Gasteiger partial charge in [0.15, 0.2) is 0 Å². The summed E-state index contributed by atoms with van der Waals surface area (Å²) in [6, 6.07) is -0.340. The van der Waals surface area contributed by atoms with Gasteiger partial charge in [0, 0.05) is 6.54 Å². The molecule has 0 saturated heterocycles. The van der Waals surface area contributed by atoms with E-state index in [1.807, 2.05) is 13.8 Å². The predicted octanol–water partition coefficient (Wildman–Crippen LogP) is 1.53. The van der Waals surface area contributed by atoms with Crippen LogP contribution in [0.3, 0.4) is 0 Å². The highest BCUT2D eigenvalue weighted by Crippen LogP contribution is 2.17. The largest absolute Gasteiger partial charge is 0.411 e. The second-order valence-corrected chi connectivity index (χ2v) is 3.72. The van der Waals surface area contributed by atoms with Gasteiger partial charge in [-0.3, -0.25) is 0 Å². The molecule has 18 heavy (non-hydrogen) atoms. The monoisotopic (exact) mass is 266 g/mol. The SMILES string of the molecule is CCNC(COCC(F)(F)F)c1cnnn1CC. The van der Waals surface area contributed by atoms with Crippen molar-refractivity contribution in [2.75, 3.05) is 19.8 Å². The van der Waals surface area contributed by atoms with Crippen molar-refractivity contribution in [3.63, 3.8) is 0 Å². The molecule has 0 saturated carbocycles. The van der Waals surface area contributed by atoms with E-state index in [4.69, 9.17) is 0 Å². The minimum Gasteiger partial charge on any atom is -0.370 e. The van der Waals surface area contributed by atoms with Crippen LogP contribution in [-0.2, 0) is 11.3 Å². The van der Waals surface area contributed by atoms with Crippen LogP contribution in [0.25, 0.3) is 0 Å². The lowest BCUT2D eigenvalue weighted by molar-refractivity contribution is -0.175. The third-order valence-electron chi connectivity index (χ3n) is 2.30. The maximum Gasteiger partial charge on any atom is 0.411 e. The molecule has 0 aliphatic carbocycles. The van der Waals surface area contributed by atoms with Gasteiger partial charge in [0.2, 0.25) is 0 Å². The standard InChI is InChI=1S/C10H17F3N4O/c1-3-14-8(6-18-7-10(11,12)13)9-5-15-16-17(9)4-2/h5,8,14H,3-4,6-7H2,1-2H3. The molecular weight excluding hydrogens is 249 g/mol. The molecule has 0 fully saturated rings. The van der Waals surface area contributed by atoms with Crippen LogP contribution < -0.4 is 5.32 Å². The summed E-state index contributed by atoms with van der Waals surface area (Å²) in [6.07, 6.45) is -2.77. The first-order valence-electron chi connectivity index (χ1n) is 5.74. The van der Waals surface area contributed by atoms with E-state index in [1.165, 1.54) is 6.20 Å². The zero-order valence-electron chi connectivity index (χ0n) is 10.4. The minimum atomic E-state index is -4.31. The number of halogens is 3. The van der Waals surface area contributed by atoms with Crippen LogP contribution in [0.4, 0.5) is 13.2 Å². The molecule has 1 heterocycles. The molecular formula is C10H17F3N4O. The summed E-state index contributed by atoms with van der Waals surface area (Å²) in [7, 11) is 0. The molecule has 1 atom stereocenters. The van der Waals surface area contributed by atoms with Crippen LogP contribution in [0.15, 0.2) is 6.20 Å². The summed E-state index contributed by atoms with van der Waals surface area (Å²) >= 11 is 0. The molecule has 1 unspecified atom stereocenters. The van der Waals surface area contributed by atoms with E-state index >= 15 is 0 Å². The number of aryl methyl sites for hydroxylation is 1. The van der Waals surface area contributed by atoms with Crippen molar-refractivity contribution < 1.29 is 17.9 Å². The summed E-state index contributed by atoms with van der Waals surface area (Å²) in [4.78, 5) is 0. The molecule has 104 valence electrons. The van der Waals surface area contributed by atoms with E-state index in [0.717, 1.165) is 5.69 Å². The molecule has 0 aliphatic heterocycles. The Labute approximate surface area is 103 Å². The predicted molar refractivity (Wildman–Crippen MR) is 59.0 cm³/mol. The Hall–Kier alpha value is -1.15. The Morgan fingerprint density at radius 2 is 2.17 bits per heavy atom. The minimum absolute atomic E-state index is 0.0687. The van der Waals surface area contributed by atoms with E-state index in [9.17, 15) is 13.2 Å². The first kappa shape index (κ1) is 14.9. The van der Waals surface area contributed by atoms with E-state index in [-0.39, 0.29) is 12.6 Å². The molecule has 1 aromatic heterocycles. The van der Waals surface area contributed by atoms with Gasteiger partial charge in [-0.2, -0.15) is 13.2 Å². The van der Waals surface area contributed by atoms with Crippen molar-refractivity contribution in [3.05, 3.63) is 11.9 Å². The Morgan fingerprint density at radius 3 is 2.72 bits per heavy atom. The number of nitrogens with zero attached hydrogens (tertiary/aromatic N) is 3. The van der Waals surface area contributed by atoms with Gasteiger partial charge in [-0.15, -0.1) is 5.10 Å². The van der Waals surface area contributed by atoms with Crippen molar-refractivity contribution in [2.24, 2.45) is 0 Å². The van der Waals surface area contributed by atoms with Crippen LogP contribution in [0.1, 0.15) is 25.6 Å². The zero-order valence-corrected chi connectivity index (χ0v) is 10.4. The number of hydrogen-bond donors (Lipinski definition) is 1. The van der Waals surface area contributed by atoms with Crippen LogP contribution in [0, 0.1) is 0 Å². The van der Waals surface area contributed by atoms with Crippen LogP contribution in [-0.4, -0.2) is 40.9 Å². The van der Waals surface area contributed by atoms with Gasteiger partial charge in [0.25, 0.3) is 0 Å².